The molecule has 0 aliphatic heterocycles. The summed E-state index contributed by atoms with van der Waals surface area (Å²) in [4.78, 5) is 11.8. The quantitative estimate of drug-likeness (QED) is 0.901. The van der Waals surface area contributed by atoms with Crippen LogP contribution in [0.1, 0.15) is 26.8 Å². The minimum Gasteiger partial charge on any atom is -0.478 e. The van der Waals surface area contributed by atoms with Gasteiger partial charge in [-0.15, -0.1) is 23.7 Å². The van der Waals surface area contributed by atoms with Crippen LogP contribution in [0.3, 0.4) is 0 Å². The zero-order chi connectivity index (χ0) is 11.5. The van der Waals surface area contributed by atoms with E-state index < -0.39 is 5.97 Å². The first-order valence-electron chi connectivity index (χ1n) is 4.80. The SMILES string of the molecule is Cl.N[C@@H](c1ccc(C(=O)O)cc1)c1cccs1. The van der Waals surface area contributed by atoms with Gasteiger partial charge in [-0.1, -0.05) is 18.2 Å². The maximum atomic E-state index is 10.7. The predicted molar refractivity (Wildman–Crippen MR) is 71.0 cm³/mol. The molecular weight excluding hydrogens is 258 g/mol. The fraction of sp³-hybridized carbons (Fsp3) is 0.0833. The fourth-order valence-electron chi connectivity index (χ4n) is 1.47. The van der Waals surface area contributed by atoms with E-state index in [1.54, 1.807) is 35.6 Å². The number of carboxylic acids is 1. The molecule has 3 nitrogen and oxygen atoms in total. The summed E-state index contributed by atoms with van der Waals surface area (Å²) in [5.41, 5.74) is 7.25. The van der Waals surface area contributed by atoms with Crippen molar-refractivity contribution < 1.29 is 9.90 Å². The van der Waals surface area contributed by atoms with Crippen molar-refractivity contribution in [3.8, 4) is 0 Å². The molecule has 0 bridgehead atoms. The zero-order valence-electron chi connectivity index (χ0n) is 8.87. The minimum absolute atomic E-state index is 0. The van der Waals surface area contributed by atoms with E-state index in [4.69, 9.17) is 10.8 Å². The van der Waals surface area contributed by atoms with Crippen molar-refractivity contribution in [2.45, 2.75) is 6.04 Å². The highest BCUT2D eigenvalue weighted by Crippen LogP contribution is 2.23. The molecular formula is C12H12ClNO2S. The van der Waals surface area contributed by atoms with Crippen molar-refractivity contribution in [1.29, 1.82) is 0 Å². The van der Waals surface area contributed by atoms with E-state index in [1.807, 2.05) is 17.5 Å². The molecule has 90 valence electrons. The summed E-state index contributed by atoms with van der Waals surface area (Å²) in [6, 6.07) is 10.4. The lowest BCUT2D eigenvalue weighted by atomic mass is 10.0. The Bertz CT molecular complexity index is 482. The molecule has 0 unspecified atom stereocenters. The van der Waals surface area contributed by atoms with Crippen LogP contribution in [-0.2, 0) is 0 Å². The largest absolute Gasteiger partial charge is 0.478 e. The Balaban J connectivity index is 0.00000144. The fourth-order valence-corrected chi connectivity index (χ4v) is 2.22. The number of halogens is 1. The van der Waals surface area contributed by atoms with Crippen LogP contribution in [0.25, 0.3) is 0 Å². The third-order valence-corrected chi connectivity index (χ3v) is 3.32. The lowest BCUT2D eigenvalue weighted by Crippen LogP contribution is -2.10. The van der Waals surface area contributed by atoms with E-state index in [0.29, 0.717) is 0 Å². The Kier molecular flexibility index (Phi) is 4.69. The molecule has 3 N–H and O–H groups in total. The Morgan fingerprint density at radius 1 is 1.24 bits per heavy atom. The molecule has 5 heteroatoms. The van der Waals surface area contributed by atoms with E-state index >= 15 is 0 Å². The van der Waals surface area contributed by atoms with E-state index in [0.717, 1.165) is 10.4 Å². The van der Waals surface area contributed by atoms with Crippen LogP contribution >= 0.6 is 23.7 Å². The zero-order valence-corrected chi connectivity index (χ0v) is 10.5. The van der Waals surface area contributed by atoms with Gasteiger partial charge in [-0.25, -0.2) is 4.79 Å². The molecule has 2 aromatic rings. The molecule has 0 spiro atoms. The van der Waals surface area contributed by atoms with Gasteiger partial charge < -0.3 is 10.8 Å². The second kappa shape index (κ2) is 5.82. The number of thiophene rings is 1. The van der Waals surface area contributed by atoms with Crippen LogP contribution in [-0.4, -0.2) is 11.1 Å². The highest BCUT2D eigenvalue weighted by molar-refractivity contribution is 7.10. The predicted octanol–water partition coefficient (Wildman–Crippen LogP) is 2.92. The van der Waals surface area contributed by atoms with E-state index in [1.165, 1.54) is 0 Å². The number of carbonyl (C=O) groups is 1. The molecule has 0 aliphatic rings. The smallest absolute Gasteiger partial charge is 0.335 e. The molecule has 0 radical (unpaired) electrons. The molecule has 0 fully saturated rings. The second-order valence-corrected chi connectivity index (χ2v) is 4.40. The van der Waals surface area contributed by atoms with Crippen molar-refractivity contribution in [3.05, 3.63) is 57.8 Å². The molecule has 2 rings (SSSR count). The van der Waals surface area contributed by atoms with Gasteiger partial charge in [0.2, 0.25) is 0 Å². The van der Waals surface area contributed by atoms with Crippen LogP contribution in [0, 0.1) is 0 Å². The summed E-state index contributed by atoms with van der Waals surface area (Å²) in [5.74, 6) is -0.920. The summed E-state index contributed by atoms with van der Waals surface area (Å²) in [5, 5.41) is 10.7. The number of hydrogen-bond donors (Lipinski definition) is 2. The molecule has 1 atom stereocenters. The molecule has 1 aromatic carbocycles. The van der Waals surface area contributed by atoms with Gasteiger partial charge >= 0.3 is 5.97 Å². The van der Waals surface area contributed by atoms with Crippen molar-refractivity contribution in [2.24, 2.45) is 5.73 Å². The van der Waals surface area contributed by atoms with Crippen molar-refractivity contribution in [1.82, 2.24) is 0 Å². The number of benzene rings is 1. The van der Waals surface area contributed by atoms with Gasteiger partial charge in [-0.2, -0.15) is 0 Å². The third-order valence-electron chi connectivity index (χ3n) is 2.37. The summed E-state index contributed by atoms with van der Waals surface area (Å²) < 4.78 is 0. The van der Waals surface area contributed by atoms with Gasteiger partial charge in [0, 0.05) is 4.88 Å². The van der Waals surface area contributed by atoms with Gasteiger partial charge in [0.25, 0.3) is 0 Å². The Morgan fingerprint density at radius 3 is 2.35 bits per heavy atom. The maximum absolute atomic E-state index is 10.7. The summed E-state index contributed by atoms with van der Waals surface area (Å²) in [6.07, 6.45) is 0. The van der Waals surface area contributed by atoms with E-state index in [2.05, 4.69) is 0 Å². The first-order valence-corrected chi connectivity index (χ1v) is 5.68. The molecule has 0 amide bonds. The topological polar surface area (TPSA) is 63.3 Å². The Hall–Kier alpha value is -1.36. The van der Waals surface area contributed by atoms with Gasteiger partial charge in [0.1, 0.15) is 0 Å². The molecule has 0 saturated carbocycles. The van der Waals surface area contributed by atoms with E-state index in [9.17, 15) is 4.79 Å². The second-order valence-electron chi connectivity index (χ2n) is 3.42. The average molecular weight is 270 g/mol. The van der Waals surface area contributed by atoms with Gasteiger partial charge in [-0.3, -0.25) is 0 Å². The first-order chi connectivity index (χ1) is 7.68. The molecule has 0 aliphatic carbocycles. The number of hydrogen-bond acceptors (Lipinski definition) is 3. The third kappa shape index (κ3) is 3.06. The Morgan fingerprint density at radius 2 is 1.88 bits per heavy atom. The summed E-state index contributed by atoms with van der Waals surface area (Å²) in [7, 11) is 0. The van der Waals surface area contributed by atoms with Gasteiger partial charge in [-0.05, 0) is 29.1 Å². The normalized spacial score (nSPS) is 11.6. The summed E-state index contributed by atoms with van der Waals surface area (Å²) in [6.45, 7) is 0. The average Bonchev–Trinajstić information content (AvgIpc) is 2.81. The number of nitrogens with two attached hydrogens (primary N) is 1. The lowest BCUT2D eigenvalue weighted by molar-refractivity contribution is 0.0697. The highest BCUT2D eigenvalue weighted by atomic mass is 35.5. The number of rotatable bonds is 3. The maximum Gasteiger partial charge on any atom is 0.335 e. The number of carboxylic acid groups (broad SMARTS) is 1. The number of aromatic carboxylic acids is 1. The van der Waals surface area contributed by atoms with Crippen molar-refractivity contribution in [2.75, 3.05) is 0 Å². The van der Waals surface area contributed by atoms with Crippen LogP contribution in [0.5, 0.6) is 0 Å². The Labute approximate surface area is 109 Å². The molecule has 0 saturated heterocycles. The van der Waals surface area contributed by atoms with Crippen LogP contribution in [0.2, 0.25) is 0 Å². The monoisotopic (exact) mass is 269 g/mol. The van der Waals surface area contributed by atoms with Crippen molar-refractivity contribution >= 4 is 29.7 Å². The molecule has 1 heterocycles. The highest BCUT2D eigenvalue weighted by Gasteiger charge is 2.10. The molecule has 17 heavy (non-hydrogen) atoms. The lowest BCUT2D eigenvalue weighted by Gasteiger charge is -2.09. The minimum atomic E-state index is -0.920. The molecule has 1 aromatic heterocycles. The standard InChI is InChI=1S/C12H11NO2S.ClH/c13-11(10-2-1-7-16-10)8-3-5-9(6-4-8)12(14)15;/h1-7,11H,13H2,(H,14,15);1H/t11-;/m0./s1. The van der Waals surface area contributed by atoms with E-state index in [-0.39, 0.29) is 24.0 Å². The van der Waals surface area contributed by atoms with Gasteiger partial charge in [0.15, 0.2) is 0 Å². The van der Waals surface area contributed by atoms with Crippen LogP contribution in [0.15, 0.2) is 41.8 Å². The van der Waals surface area contributed by atoms with Crippen LogP contribution in [0.4, 0.5) is 0 Å². The van der Waals surface area contributed by atoms with Gasteiger partial charge in [0.05, 0.1) is 11.6 Å². The summed E-state index contributed by atoms with van der Waals surface area (Å²) >= 11 is 1.60. The first kappa shape index (κ1) is 13.7. The van der Waals surface area contributed by atoms with Crippen LogP contribution < -0.4 is 5.73 Å². The van der Waals surface area contributed by atoms with Crippen molar-refractivity contribution in [3.63, 3.8) is 0 Å².